The van der Waals surface area contributed by atoms with Crippen LogP contribution < -0.4 is 14.8 Å². The number of allylic oxidation sites excluding steroid dienone is 2. The number of nitrogens with one attached hydrogen (secondary N) is 1. The molecular formula is C21H21NO5. The summed E-state index contributed by atoms with van der Waals surface area (Å²) in [6.45, 7) is 5.40. The number of fused-ring (bicyclic) bond motifs is 1. The third-order valence-electron chi connectivity index (χ3n) is 4.22. The van der Waals surface area contributed by atoms with Crippen molar-refractivity contribution in [3.63, 3.8) is 0 Å². The number of ether oxygens (including phenoxy) is 4. The summed E-state index contributed by atoms with van der Waals surface area (Å²) in [5.74, 6) is 1.83. The van der Waals surface area contributed by atoms with Crippen LogP contribution in [0.15, 0.2) is 66.2 Å². The van der Waals surface area contributed by atoms with Crippen LogP contribution in [-0.2, 0) is 14.3 Å². The van der Waals surface area contributed by atoms with E-state index in [0.29, 0.717) is 34.3 Å². The van der Waals surface area contributed by atoms with Crippen molar-refractivity contribution >= 4 is 22.4 Å². The van der Waals surface area contributed by atoms with Crippen molar-refractivity contribution in [1.82, 2.24) is 0 Å². The lowest BCUT2D eigenvalue weighted by Gasteiger charge is -2.13. The molecule has 1 heterocycles. The van der Waals surface area contributed by atoms with Crippen molar-refractivity contribution in [2.75, 3.05) is 26.3 Å². The molecular weight excluding hydrogens is 346 g/mol. The summed E-state index contributed by atoms with van der Waals surface area (Å²) in [6, 6.07) is 9.34. The number of benzene rings is 2. The van der Waals surface area contributed by atoms with Crippen LogP contribution in [0.25, 0.3) is 10.8 Å². The highest BCUT2D eigenvalue weighted by molar-refractivity contribution is 6.09. The maximum absolute atomic E-state index is 12.8. The first-order valence-corrected chi connectivity index (χ1v) is 8.34. The summed E-state index contributed by atoms with van der Waals surface area (Å²) in [5.41, 5.74) is 1.07. The molecule has 6 heteroatoms. The number of carbonyl (C=O) groups is 1. The third kappa shape index (κ3) is 3.60. The molecule has 1 fully saturated rings. The number of hydrogen-bond donors (Lipinski definition) is 1. The van der Waals surface area contributed by atoms with Crippen molar-refractivity contribution in [2.45, 2.75) is 6.92 Å². The van der Waals surface area contributed by atoms with Gasteiger partial charge in [0.1, 0.15) is 0 Å². The molecule has 1 amide bonds. The maximum atomic E-state index is 12.8. The van der Waals surface area contributed by atoms with E-state index >= 15 is 0 Å². The van der Waals surface area contributed by atoms with Gasteiger partial charge in [-0.25, -0.2) is 0 Å². The quantitative estimate of drug-likeness (QED) is 0.805. The number of anilines is 1. The van der Waals surface area contributed by atoms with Gasteiger partial charge in [-0.05, 0) is 36.6 Å². The fourth-order valence-corrected chi connectivity index (χ4v) is 2.84. The van der Waals surface area contributed by atoms with Gasteiger partial charge in [0, 0.05) is 11.1 Å². The summed E-state index contributed by atoms with van der Waals surface area (Å²) in [6.07, 6.45) is 3.24. The predicted octanol–water partition coefficient (Wildman–Crippen LogP) is 4.14. The van der Waals surface area contributed by atoms with Crippen molar-refractivity contribution in [3.8, 4) is 11.5 Å². The number of hydrogen-bond acceptors (Lipinski definition) is 5. The van der Waals surface area contributed by atoms with E-state index in [-0.39, 0.29) is 12.7 Å². The number of rotatable bonds is 5. The molecule has 0 atom stereocenters. The monoisotopic (exact) mass is 367 g/mol. The molecule has 0 aliphatic carbocycles. The molecule has 140 valence electrons. The van der Waals surface area contributed by atoms with Crippen molar-refractivity contribution < 1.29 is 23.7 Å². The second-order valence-corrected chi connectivity index (χ2v) is 5.82. The second kappa shape index (κ2) is 7.86. The molecule has 27 heavy (non-hydrogen) atoms. The molecule has 0 unspecified atom stereocenters. The SMILES string of the molecule is C=C/C=C1/OCO/C1=C(/C)C(=O)Nc1cccc2cc(OC)c(OC)cc12. The normalized spacial score (nSPS) is 16.5. The number of amides is 1. The Morgan fingerprint density at radius 1 is 1.19 bits per heavy atom. The van der Waals surface area contributed by atoms with E-state index in [0.717, 1.165) is 10.8 Å². The zero-order chi connectivity index (χ0) is 19.4. The molecule has 0 bridgehead atoms. The highest BCUT2D eigenvalue weighted by Gasteiger charge is 2.23. The molecule has 6 nitrogen and oxygen atoms in total. The molecule has 3 rings (SSSR count). The molecule has 1 N–H and O–H groups in total. The van der Waals surface area contributed by atoms with E-state index in [1.165, 1.54) is 0 Å². The largest absolute Gasteiger partial charge is 0.493 e. The highest BCUT2D eigenvalue weighted by atomic mass is 16.7. The number of methoxy groups -OCH3 is 2. The lowest BCUT2D eigenvalue weighted by Crippen LogP contribution is -2.15. The Morgan fingerprint density at radius 3 is 2.63 bits per heavy atom. The van der Waals surface area contributed by atoms with Crippen LogP contribution in [0.3, 0.4) is 0 Å². The third-order valence-corrected chi connectivity index (χ3v) is 4.22. The Bertz CT molecular complexity index is 958. The van der Waals surface area contributed by atoms with Gasteiger partial charge in [-0.15, -0.1) is 0 Å². The first kappa shape index (κ1) is 18.4. The molecule has 0 spiro atoms. The van der Waals surface area contributed by atoms with Crippen molar-refractivity contribution in [1.29, 1.82) is 0 Å². The van der Waals surface area contributed by atoms with Gasteiger partial charge in [0.2, 0.25) is 6.79 Å². The zero-order valence-corrected chi connectivity index (χ0v) is 15.5. The summed E-state index contributed by atoms with van der Waals surface area (Å²) in [4.78, 5) is 12.8. The van der Waals surface area contributed by atoms with Crippen LogP contribution in [0.2, 0.25) is 0 Å². The Balaban J connectivity index is 1.98. The highest BCUT2D eigenvalue weighted by Crippen LogP contribution is 2.35. The molecule has 2 aromatic rings. The van der Waals surface area contributed by atoms with Gasteiger partial charge < -0.3 is 24.3 Å². The minimum Gasteiger partial charge on any atom is -0.493 e. The molecule has 2 aromatic carbocycles. The van der Waals surface area contributed by atoms with Crippen LogP contribution in [0.5, 0.6) is 11.5 Å². The molecule has 0 aromatic heterocycles. The summed E-state index contributed by atoms with van der Waals surface area (Å²) in [7, 11) is 3.16. The Labute approximate surface area is 157 Å². The topological polar surface area (TPSA) is 66.0 Å². The minimum atomic E-state index is -0.284. The van der Waals surface area contributed by atoms with Gasteiger partial charge in [0.25, 0.3) is 5.91 Å². The first-order valence-electron chi connectivity index (χ1n) is 8.34. The Morgan fingerprint density at radius 2 is 1.93 bits per heavy atom. The average Bonchev–Trinajstić information content (AvgIpc) is 3.15. The van der Waals surface area contributed by atoms with Crippen LogP contribution in [0, 0.1) is 0 Å². The van der Waals surface area contributed by atoms with E-state index < -0.39 is 0 Å². The Hall–Kier alpha value is -3.41. The minimum absolute atomic E-state index is 0.0743. The lowest BCUT2D eigenvalue weighted by molar-refractivity contribution is -0.113. The van der Waals surface area contributed by atoms with Gasteiger partial charge >= 0.3 is 0 Å². The van der Waals surface area contributed by atoms with Crippen LogP contribution in [0.4, 0.5) is 5.69 Å². The summed E-state index contributed by atoms with van der Waals surface area (Å²) < 4.78 is 21.5. The smallest absolute Gasteiger partial charge is 0.255 e. The van der Waals surface area contributed by atoms with Gasteiger partial charge in [-0.2, -0.15) is 0 Å². The van der Waals surface area contributed by atoms with Gasteiger partial charge in [0.15, 0.2) is 23.0 Å². The van der Waals surface area contributed by atoms with Crippen LogP contribution in [-0.4, -0.2) is 26.9 Å². The summed E-state index contributed by atoms with van der Waals surface area (Å²) >= 11 is 0. The molecule has 1 saturated heterocycles. The number of carbonyl (C=O) groups excluding carboxylic acids is 1. The van der Waals surface area contributed by atoms with Crippen molar-refractivity contribution in [3.05, 3.63) is 66.2 Å². The van der Waals surface area contributed by atoms with Crippen molar-refractivity contribution in [2.24, 2.45) is 0 Å². The summed E-state index contributed by atoms with van der Waals surface area (Å²) in [5, 5.41) is 4.69. The van der Waals surface area contributed by atoms with Gasteiger partial charge in [0.05, 0.1) is 19.8 Å². The maximum Gasteiger partial charge on any atom is 0.255 e. The fourth-order valence-electron chi connectivity index (χ4n) is 2.84. The second-order valence-electron chi connectivity index (χ2n) is 5.82. The van der Waals surface area contributed by atoms with Crippen LogP contribution in [0.1, 0.15) is 6.92 Å². The Kier molecular flexibility index (Phi) is 5.35. The molecule has 0 radical (unpaired) electrons. The van der Waals surface area contributed by atoms with E-state index in [4.69, 9.17) is 18.9 Å². The molecule has 0 saturated carbocycles. The average molecular weight is 367 g/mol. The van der Waals surface area contributed by atoms with E-state index in [1.54, 1.807) is 33.3 Å². The molecule has 1 aliphatic heterocycles. The fraction of sp³-hybridized carbons (Fsp3) is 0.190. The lowest BCUT2D eigenvalue weighted by atomic mass is 10.1. The molecule has 1 aliphatic rings. The van der Waals surface area contributed by atoms with E-state index in [9.17, 15) is 4.79 Å². The van der Waals surface area contributed by atoms with Gasteiger partial charge in [-0.1, -0.05) is 24.8 Å². The predicted molar refractivity (Wildman–Crippen MR) is 104 cm³/mol. The van der Waals surface area contributed by atoms with E-state index in [2.05, 4.69) is 11.9 Å². The van der Waals surface area contributed by atoms with Gasteiger partial charge in [-0.3, -0.25) is 4.79 Å². The van der Waals surface area contributed by atoms with Crippen LogP contribution >= 0.6 is 0 Å². The first-order chi connectivity index (χ1) is 13.1. The van der Waals surface area contributed by atoms with E-state index in [1.807, 2.05) is 30.3 Å². The zero-order valence-electron chi connectivity index (χ0n) is 15.5. The standard InChI is InChI=1S/C21H21NO5/c1-5-7-17-20(27-12-26-17)13(2)21(23)22-16-9-6-8-14-10-18(24-3)19(25-4)11-15(14)16/h5-11H,1,12H2,2-4H3,(H,22,23)/b17-7+,20-13-.